The highest BCUT2D eigenvalue weighted by Gasteiger charge is 2.37. The molecular formula is C22H25F3N6O2S. The number of hydrogen-bond acceptors (Lipinski definition) is 7. The van der Waals surface area contributed by atoms with Crippen molar-refractivity contribution >= 4 is 39.1 Å². The van der Waals surface area contributed by atoms with Gasteiger partial charge in [-0.25, -0.2) is 0 Å². The van der Waals surface area contributed by atoms with E-state index in [-0.39, 0.29) is 17.9 Å². The lowest BCUT2D eigenvalue weighted by molar-refractivity contribution is -0.137. The Hall–Kier alpha value is -2.89. The zero-order chi connectivity index (χ0) is 23.9. The standard InChI is InChI=1S/C22H25F3N6O2S/c23-22(24,25)15-4-1-5-16(14-15)28-10-12-29(13-11-28)19(33)17-6-2-8-30(17)20-26-27-21(34-20)31-9-3-7-18(31)32/h1,4-5,14,17H,2-3,6-13H2. The van der Waals surface area contributed by atoms with E-state index in [9.17, 15) is 22.8 Å². The van der Waals surface area contributed by atoms with Crippen molar-refractivity contribution in [2.75, 3.05) is 54.0 Å². The molecule has 0 spiro atoms. The number of carbonyl (C=O) groups is 2. The van der Waals surface area contributed by atoms with E-state index in [1.165, 1.54) is 17.4 Å². The lowest BCUT2D eigenvalue weighted by Gasteiger charge is -2.38. The normalized spacial score (nSPS) is 21.6. The molecule has 2 amide bonds. The summed E-state index contributed by atoms with van der Waals surface area (Å²) in [6.07, 6.45) is -1.48. The Labute approximate surface area is 198 Å². The summed E-state index contributed by atoms with van der Waals surface area (Å²) in [5.74, 6) is 0.0607. The van der Waals surface area contributed by atoms with Crippen molar-refractivity contribution in [1.29, 1.82) is 0 Å². The molecular weight excluding hydrogens is 469 g/mol. The summed E-state index contributed by atoms with van der Waals surface area (Å²) in [7, 11) is 0. The maximum absolute atomic E-state index is 13.3. The Morgan fingerprint density at radius 3 is 2.47 bits per heavy atom. The molecule has 34 heavy (non-hydrogen) atoms. The van der Waals surface area contributed by atoms with Gasteiger partial charge in [0.05, 0.1) is 5.56 Å². The van der Waals surface area contributed by atoms with Crippen LogP contribution in [0.5, 0.6) is 0 Å². The molecule has 5 rings (SSSR count). The van der Waals surface area contributed by atoms with Crippen LogP contribution in [0.15, 0.2) is 24.3 Å². The highest BCUT2D eigenvalue weighted by atomic mass is 32.1. The molecule has 0 aliphatic carbocycles. The Balaban J connectivity index is 1.22. The van der Waals surface area contributed by atoms with Gasteiger partial charge in [0.15, 0.2) is 0 Å². The average Bonchev–Trinajstić information content (AvgIpc) is 3.58. The second-order valence-electron chi connectivity index (χ2n) is 8.73. The fraction of sp³-hybridized carbons (Fsp3) is 0.545. The first kappa shape index (κ1) is 22.9. The summed E-state index contributed by atoms with van der Waals surface area (Å²) in [5, 5.41) is 9.67. The van der Waals surface area contributed by atoms with E-state index in [0.29, 0.717) is 68.1 Å². The largest absolute Gasteiger partial charge is 0.416 e. The van der Waals surface area contributed by atoms with Crippen LogP contribution in [0.3, 0.4) is 0 Å². The van der Waals surface area contributed by atoms with Crippen LogP contribution in [-0.4, -0.2) is 72.2 Å². The molecule has 4 heterocycles. The van der Waals surface area contributed by atoms with Crippen LogP contribution in [-0.2, 0) is 15.8 Å². The van der Waals surface area contributed by atoms with Crippen LogP contribution < -0.4 is 14.7 Å². The van der Waals surface area contributed by atoms with Gasteiger partial charge in [0.1, 0.15) is 6.04 Å². The predicted molar refractivity (Wildman–Crippen MR) is 122 cm³/mol. The molecule has 0 N–H and O–H groups in total. The molecule has 1 aromatic heterocycles. The minimum atomic E-state index is -4.38. The van der Waals surface area contributed by atoms with Gasteiger partial charge in [-0.15, -0.1) is 10.2 Å². The number of aromatic nitrogens is 2. The molecule has 3 fully saturated rings. The Bertz CT molecular complexity index is 1070. The fourth-order valence-corrected chi connectivity index (χ4v) is 5.78. The molecule has 1 atom stereocenters. The van der Waals surface area contributed by atoms with Gasteiger partial charge in [-0.3, -0.25) is 14.5 Å². The molecule has 3 saturated heterocycles. The third-order valence-electron chi connectivity index (χ3n) is 6.62. The third-order valence-corrected chi connectivity index (χ3v) is 7.60. The van der Waals surface area contributed by atoms with Gasteiger partial charge >= 0.3 is 6.18 Å². The van der Waals surface area contributed by atoms with Crippen molar-refractivity contribution in [2.24, 2.45) is 0 Å². The predicted octanol–water partition coefficient (Wildman–Crippen LogP) is 3.00. The van der Waals surface area contributed by atoms with Gasteiger partial charge in [-0.2, -0.15) is 13.2 Å². The average molecular weight is 495 g/mol. The van der Waals surface area contributed by atoms with Crippen molar-refractivity contribution < 1.29 is 22.8 Å². The van der Waals surface area contributed by atoms with Crippen LogP contribution in [0.2, 0.25) is 0 Å². The van der Waals surface area contributed by atoms with Crippen molar-refractivity contribution in [2.45, 2.75) is 37.9 Å². The van der Waals surface area contributed by atoms with Crippen molar-refractivity contribution in [1.82, 2.24) is 15.1 Å². The van der Waals surface area contributed by atoms with E-state index < -0.39 is 11.7 Å². The van der Waals surface area contributed by atoms with E-state index in [1.54, 1.807) is 15.9 Å². The van der Waals surface area contributed by atoms with Gasteiger partial charge in [0.25, 0.3) is 0 Å². The molecule has 0 bridgehead atoms. The first-order valence-corrected chi connectivity index (χ1v) is 12.2. The second kappa shape index (κ2) is 9.05. The number of amides is 2. The van der Waals surface area contributed by atoms with Crippen LogP contribution in [0.25, 0.3) is 0 Å². The lowest BCUT2D eigenvalue weighted by Crippen LogP contribution is -2.53. The molecule has 8 nitrogen and oxygen atoms in total. The molecule has 0 radical (unpaired) electrons. The number of hydrogen-bond donors (Lipinski definition) is 0. The molecule has 3 aliphatic rings. The van der Waals surface area contributed by atoms with Gasteiger partial charge < -0.3 is 14.7 Å². The van der Waals surface area contributed by atoms with E-state index in [4.69, 9.17) is 0 Å². The summed E-state index contributed by atoms with van der Waals surface area (Å²) < 4.78 is 39.2. The second-order valence-corrected chi connectivity index (χ2v) is 9.66. The Kier molecular flexibility index (Phi) is 6.09. The summed E-state index contributed by atoms with van der Waals surface area (Å²) in [4.78, 5) is 32.7. The van der Waals surface area contributed by atoms with Crippen LogP contribution >= 0.6 is 11.3 Å². The minimum Gasteiger partial charge on any atom is -0.368 e. The number of benzene rings is 1. The van der Waals surface area contributed by atoms with Crippen molar-refractivity contribution in [3.63, 3.8) is 0 Å². The first-order valence-electron chi connectivity index (χ1n) is 11.4. The number of piperazine rings is 1. The van der Waals surface area contributed by atoms with E-state index in [0.717, 1.165) is 25.0 Å². The summed E-state index contributed by atoms with van der Waals surface area (Å²) in [6.45, 7) is 3.18. The van der Waals surface area contributed by atoms with E-state index in [1.807, 2.05) is 9.80 Å². The summed E-state index contributed by atoms with van der Waals surface area (Å²) in [5.41, 5.74) is -0.153. The van der Waals surface area contributed by atoms with Crippen LogP contribution in [0.4, 0.5) is 29.1 Å². The van der Waals surface area contributed by atoms with Gasteiger partial charge in [0.2, 0.25) is 22.1 Å². The molecule has 182 valence electrons. The minimum absolute atomic E-state index is 0.00944. The van der Waals surface area contributed by atoms with Crippen molar-refractivity contribution in [3.05, 3.63) is 29.8 Å². The maximum atomic E-state index is 13.3. The van der Waals surface area contributed by atoms with E-state index in [2.05, 4.69) is 10.2 Å². The van der Waals surface area contributed by atoms with E-state index >= 15 is 0 Å². The quantitative estimate of drug-likeness (QED) is 0.651. The smallest absolute Gasteiger partial charge is 0.368 e. The SMILES string of the molecule is O=C(C1CCCN1c1nnc(N2CCCC2=O)s1)N1CCN(c2cccc(C(F)(F)F)c2)CC1. The molecule has 1 aromatic carbocycles. The molecule has 2 aromatic rings. The molecule has 1 unspecified atom stereocenters. The zero-order valence-electron chi connectivity index (χ0n) is 18.5. The topological polar surface area (TPSA) is 72.9 Å². The summed E-state index contributed by atoms with van der Waals surface area (Å²) >= 11 is 1.34. The fourth-order valence-electron chi connectivity index (χ4n) is 4.81. The maximum Gasteiger partial charge on any atom is 0.416 e. The van der Waals surface area contributed by atoms with Crippen LogP contribution in [0, 0.1) is 0 Å². The van der Waals surface area contributed by atoms with Crippen LogP contribution in [0.1, 0.15) is 31.2 Å². The number of nitrogens with zero attached hydrogens (tertiary/aromatic N) is 6. The summed E-state index contributed by atoms with van der Waals surface area (Å²) in [6, 6.07) is 4.97. The lowest BCUT2D eigenvalue weighted by atomic mass is 10.1. The van der Waals surface area contributed by atoms with Crippen molar-refractivity contribution in [3.8, 4) is 0 Å². The van der Waals surface area contributed by atoms with Gasteiger partial charge in [-0.05, 0) is 37.5 Å². The van der Waals surface area contributed by atoms with Gasteiger partial charge in [0, 0.05) is 51.4 Å². The number of anilines is 3. The number of carbonyl (C=O) groups excluding carboxylic acids is 2. The zero-order valence-corrected chi connectivity index (χ0v) is 19.3. The highest BCUT2D eigenvalue weighted by Crippen LogP contribution is 2.35. The van der Waals surface area contributed by atoms with Gasteiger partial charge in [-0.1, -0.05) is 17.4 Å². The Morgan fingerprint density at radius 2 is 1.76 bits per heavy atom. The number of halogens is 3. The Morgan fingerprint density at radius 1 is 1.00 bits per heavy atom. The molecule has 3 aliphatic heterocycles. The highest BCUT2D eigenvalue weighted by molar-refractivity contribution is 7.19. The molecule has 0 saturated carbocycles. The number of alkyl halides is 3. The first-order chi connectivity index (χ1) is 16.3. The third kappa shape index (κ3) is 4.42. The molecule has 12 heteroatoms. The number of rotatable bonds is 4. The monoisotopic (exact) mass is 494 g/mol.